The van der Waals surface area contributed by atoms with Crippen LogP contribution in [0.2, 0.25) is 0 Å². The zero-order valence-corrected chi connectivity index (χ0v) is 14.5. The van der Waals surface area contributed by atoms with Crippen molar-refractivity contribution in [2.45, 2.75) is 43.1 Å². The van der Waals surface area contributed by atoms with Crippen molar-refractivity contribution in [3.63, 3.8) is 0 Å². The molecule has 3 rings (SSSR count). The first-order chi connectivity index (χ1) is 11.7. The second-order valence-electron chi connectivity index (χ2n) is 5.94. The molecule has 24 heavy (non-hydrogen) atoms. The van der Waals surface area contributed by atoms with Gasteiger partial charge in [-0.2, -0.15) is 5.26 Å². The number of hydrogen-bond acceptors (Lipinski definition) is 5. The molecule has 1 aliphatic rings. The summed E-state index contributed by atoms with van der Waals surface area (Å²) in [7, 11) is 0. The molecular weight excluding hydrogens is 325 g/mol. The Kier molecular flexibility index (Phi) is 5.48. The fourth-order valence-electron chi connectivity index (χ4n) is 2.83. The van der Waals surface area contributed by atoms with Gasteiger partial charge in [0, 0.05) is 5.69 Å². The predicted molar refractivity (Wildman–Crippen MR) is 91.4 cm³/mol. The number of likely N-dealkylation sites (tertiary alicyclic amines) is 1. The monoisotopic (exact) mass is 345 g/mol. The molecule has 1 aliphatic heterocycles. The van der Waals surface area contributed by atoms with Gasteiger partial charge in [0.25, 0.3) is 0 Å². The van der Waals surface area contributed by atoms with Crippen LogP contribution in [-0.2, 0) is 6.54 Å². The van der Waals surface area contributed by atoms with E-state index >= 15 is 0 Å². The molecule has 1 aromatic heterocycles. The third-order valence-electron chi connectivity index (χ3n) is 4.06. The van der Waals surface area contributed by atoms with Crippen molar-refractivity contribution in [3.05, 3.63) is 35.9 Å². The number of thioether (sulfide) groups is 1. The van der Waals surface area contributed by atoms with Gasteiger partial charge >= 0.3 is 0 Å². The van der Waals surface area contributed by atoms with E-state index in [9.17, 15) is 4.39 Å². The van der Waals surface area contributed by atoms with Gasteiger partial charge in [0.1, 0.15) is 5.82 Å². The van der Waals surface area contributed by atoms with Crippen LogP contribution in [0, 0.1) is 17.1 Å². The molecule has 0 spiro atoms. The van der Waals surface area contributed by atoms with Crippen LogP contribution >= 0.6 is 11.8 Å². The summed E-state index contributed by atoms with van der Waals surface area (Å²) in [5.74, 6) is 0.556. The van der Waals surface area contributed by atoms with E-state index in [1.54, 1.807) is 12.1 Å². The first-order valence-corrected chi connectivity index (χ1v) is 9.04. The Morgan fingerprint density at radius 1 is 1.21 bits per heavy atom. The summed E-state index contributed by atoms with van der Waals surface area (Å²) in [4.78, 5) is 2.37. The van der Waals surface area contributed by atoms with Gasteiger partial charge in [0.15, 0.2) is 11.0 Å². The molecule has 1 atom stereocenters. The minimum absolute atomic E-state index is 0.226. The Balaban J connectivity index is 1.92. The molecule has 1 aromatic carbocycles. The highest BCUT2D eigenvalue weighted by Gasteiger charge is 2.20. The Labute approximate surface area is 145 Å². The van der Waals surface area contributed by atoms with Gasteiger partial charge in [-0.1, -0.05) is 18.2 Å². The number of halogens is 1. The van der Waals surface area contributed by atoms with Crippen molar-refractivity contribution >= 4 is 11.8 Å². The number of nitrogens with zero attached hydrogens (tertiary/aromatic N) is 5. The maximum atomic E-state index is 13.3. The molecule has 0 amide bonds. The zero-order chi connectivity index (χ0) is 16.9. The lowest BCUT2D eigenvalue weighted by atomic mass is 10.1. The quantitative estimate of drug-likeness (QED) is 0.778. The number of hydrogen-bond donors (Lipinski definition) is 0. The number of nitriles is 1. The molecule has 0 radical (unpaired) electrons. The zero-order valence-electron chi connectivity index (χ0n) is 13.7. The molecule has 2 aromatic rings. The fourth-order valence-corrected chi connectivity index (χ4v) is 3.60. The standard InChI is InChI=1S/C17H20FN5S/c1-13(11-19)24-17-21-20-16(12-22-9-3-2-4-10-22)23(17)15-7-5-14(18)6-8-15/h5-8,13H,2-4,9-10,12H2,1H3. The van der Waals surface area contributed by atoms with Crippen LogP contribution in [-0.4, -0.2) is 38.0 Å². The van der Waals surface area contributed by atoms with E-state index in [1.165, 1.54) is 43.2 Å². The highest BCUT2D eigenvalue weighted by Crippen LogP contribution is 2.26. The Morgan fingerprint density at radius 2 is 1.92 bits per heavy atom. The fraction of sp³-hybridized carbons (Fsp3) is 0.471. The lowest BCUT2D eigenvalue weighted by Crippen LogP contribution is -2.30. The Hall–Kier alpha value is -1.91. The predicted octanol–water partition coefficient (Wildman–Crippen LogP) is 3.40. The molecule has 0 N–H and O–H groups in total. The molecular formula is C17H20FN5S. The third kappa shape index (κ3) is 3.94. The highest BCUT2D eigenvalue weighted by molar-refractivity contribution is 8.00. The summed E-state index contributed by atoms with van der Waals surface area (Å²) in [6.07, 6.45) is 3.69. The second-order valence-corrected chi connectivity index (χ2v) is 7.24. The molecule has 0 aliphatic carbocycles. The Morgan fingerprint density at radius 3 is 2.58 bits per heavy atom. The van der Waals surface area contributed by atoms with Crippen molar-refractivity contribution in [1.82, 2.24) is 19.7 Å². The van der Waals surface area contributed by atoms with Crippen LogP contribution in [0.1, 0.15) is 32.0 Å². The summed E-state index contributed by atoms with van der Waals surface area (Å²) >= 11 is 1.37. The summed E-state index contributed by atoms with van der Waals surface area (Å²) in [6, 6.07) is 8.51. The molecule has 5 nitrogen and oxygen atoms in total. The van der Waals surface area contributed by atoms with Gasteiger partial charge in [0.05, 0.1) is 17.9 Å². The van der Waals surface area contributed by atoms with Gasteiger partial charge in [-0.05, 0) is 57.1 Å². The largest absolute Gasteiger partial charge is 0.296 e. The molecule has 1 fully saturated rings. The van der Waals surface area contributed by atoms with E-state index < -0.39 is 0 Å². The van der Waals surface area contributed by atoms with Gasteiger partial charge in [-0.25, -0.2) is 4.39 Å². The normalized spacial score (nSPS) is 16.7. The number of piperidine rings is 1. The minimum Gasteiger partial charge on any atom is -0.296 e. The number of benzene rings is 1. The minimum atomic E-state index is -0.274. The van der Waals surface area contributed by atoms with Gasteiger partial charge < -0.3 is 0 Å². The summed E-state index contributed by atoms with van der Waals surface area (Å²) in [5, 5.41) is 18.1. The van der Waals surface area contributed by atoms with E-state index in [1.807, 2.05) is 11.5 Å². The maximum absolute atomic E-state index is 13.3. The van der Waals surface area contributed by atoms with E-state index in [0.717, 1.165) is 24.6 Å². The van der Waals surface area contributed by atoms with E-state index in [2.05, 4.69) is 21.2 Å². The molecule has 1 unspecified atom stereocenters. The average Bonchev–Trinajstić information content (AvgIpc) is 2.98. The molecule has 0 saturated carbocycles. The van der Waals surface area contributed by atoms with Crippen molar-refractivity contribution in [3.8, 4) is 11.8 Å². The van der Waals surface area contributed by atoms with E-state index in [0.29, 0.717) is 11.7 Å². The molecule has 0 bridgehead atoms. The van der Waals surface area contributed by atoms with Crippen molar-refractivity contribution < 1.29 is 4.39 Å². The van der Waals surface area contributed by atoms with Crippen LogP contribution in [0.15, 0.2) is 29.4 Å². The average molecular weight is 345 g/mol. The molecule has 2 heterocycles. The summed E-state index contributed by atoms with van der Waals surface area (Å²) in [5.41, 5.74) is 0.820. The first kappa shape index (κ1) is 16.9. The van der Waals surface area contributed by atoms with Crippen molar-refractivity contribution in [2.24, 2.45) is 0 Å². The van der Waals surface area contributed by atoms with Gasteiger partial charge in [-0.15, -0.1) is 10.2 Å². The van der Waals surface area contributed by atoms with Crippen LogP contribution in [0.3, 0.4) is 0 Å². The maximum Gasteiger partial charge on any atom is 0.197 e. The second kappa shape index (κ2) is 7.77. The number of aromatic nitrogens is 3. The van der Waals surface area contributed by atoms with E-state index in [4.69, 9.17) is 5.26 Å². The van der Waals surface area contributed by atoms with Crippen LogP contribution in [0.4, 0.5) is 4.39 Å². The number of rotatable bonds is 5. The SMILES string of the molecule is CC(C#N)Sc1nnc(CN2CCCCC2)n1-c1ccc(F)cc1. The van der Waals surface area contributed by atoms with E-state index in [-0.39, 0.29) is 11.1 Å². The van der Waals surface area contributed by atoms with Crippen LogP contribution in [0.5, 0.6) is 0 Å². The molecule has 126 valence electrons. The van der Waals surface area contributed by atoms with Gasteiger partial charge in [0.2, 0.25) is 0 Å². The van der Waals surface area contributed by atoms with Gasteiger partial charge in [-0.3, -0.25) is 9.47 Å². The van der Waals surface area contributed by atoms with Crippen LogP contribution in [0.25, 0.3) is 5.69 Å². The van der Waals surface area contributed by atoms with Crippen molar-refractivity contribution in [2.75, 3.05) is 13.1 Å². The van der Waals surface area contributed by atoms with Crippen LogP contribution < -0.4 is 0 Å². The molecule has 7 heteroatoms. The topological polar surface area (TPSA) is 57.7 Å². The third-order valence-corrected chi connectivity index (χ3v) is 5.00. The Bertz CT molecular complexity index is 716. The lowest BCUT2D eigenvalue weighted by Gasteiger charge is -2.26. The van der Waals surface area contributed by atoms with Crippen molar-refractivity contribution in [1.29, 1.82) is 5.26 Å². The summed E-state index contributed by atoms with van der Waals surface area (Å²) < 4.78 is 15.2. The molecule has 1 saturated heterocycles. The lowest BCUT2D eigenvalue weighted by molar-refractivity contribution is 0.214. The highest BCUT2D eigenvalue weighted by atomic mass is 32.2. The smallest absolute Gasteiger partial charge is 0.197 e. The first-order valence-electron chi connectivity index (χ1n) is 8.16. The summed E-state index contributed by atoms with van der Waals surface area (Å²) in [6.45, 7) is 4.67.